The van der Waals surface area contributed by atoms with Crippen LogP contribution in [0.3, 0.4) is 0 Å². The summed E-state index contributed by atoms with van der Waals surface area (Å²) in [6, 6.07) is 14.2. The van der Waals surface area contributed by atoms with Crippen LogP contribution in [0.15, 0.2) is 48.8 Å². The molecule has 28 heavy (non-hydrogen) atoms. The van der Waals surface area contributed by atoms with Crippen LogP contribution in [-0.2, 0) is 6.42 Å². The highest BCUT2D eigenvalue weighted by atomic mass is 16.5. The monoisotopic (exact) mass is 365 g/mol. The highest BCUT2D eigenvalue weighted by Crippen LogP contribution is 2.52. The molecule has 0 radical (unpaired) electrons. The standard InChI is InChI=1S/C24H19N3O/c1-24(2,3)12-14-9-18-20-19(10-14)28-23-17(21(20)27-13-26-18)11-15-7-5-6-8-16(15)22(23)25-4/h5-11,13H,12H2,1-3H3. The average Bonchev–Trinajstić information content (AvgIpc) is 2.65. The lowest BCUT2D eigenvalue weighted by molar-refractivity contribution is 0.410. The number of benzene rings is 3. The van der Waals surface area contributed by atoms with E-state index in [-0.39, 0.29) is 5.41 Å². The topological polar surface area (TPSA) is 39.4 Å². The van der Waals surface area contributed by atoms with Crippen molar-refractivity contribution in [3.05, 3.63) is 65.8 Å². The first-order valence-corrected chi connectivity index (χ1v) is 9.34. The maximum Gasteiger partial charge on any atom is 0.237 e. The summed E-state index contributed by atoms with van der Waals surface area (Å²) < 4.78 is 6.34. The third-order valence-electron chi connectivity index (χ3n) is 5.05. The number of nitrogens with zero attached hydrogens (tertiary/aromatic N) is 3. The van der Waals surface area contributed by atoms with E-state index in [2.05, 4.69) is 53.8 Å². The van der Waals surface area contributed by atoms with Gasteiger partial charge in [-0.05, 0) is 46.4 Å². The van der Waals surface area contributed by atoms with Crippen LogP contribution in [0.4, 0.5) is 5.69 Å². The Morgan fingerprint density at radius 1 is 1.07 bits per heavy atom. The van der Waals surface area contributed by atoms with E-state index < -0.39 is 0 Å². The molecule has 0 amide bonds. The van der Waals surface area contributed by atoms with Crippen LogP contribution in [-0.4, -0.2) is 9.97 Å². The summed E-state index contributed by atoms with van der Waals surface area (Å²) in [6.07, 6.45) is 2.52. The van der Waals surface area contributed by atoms with E-state index in [9.17, 15) is 0 Å². The molecule has 136 valence electrons. The molecule has 0 bridgehead atoms. The Morgan fingerprint density at radius 3 is 2.68 bits per heavy atom. The van der Waals surface area contributed by atoms with Crippen molar-refractivity contribution >= 4 is 27.4 Å². The highest BCUT2D eigenvalue weighted by Gasteiger charge is 2.27. The van der Waals surface area contributed by atoms with Crippen molar-refractivity contribution in [1.82, 2.24) is 9.97 Å². The molecule has 0 N–H and O–H groups in total. The Morgan fingerprint density at radius 2 is 1.89 bits per heavy atom. The third-order valence-corrected chi connectivity index (χ3v) is 5.05. The minimum absolute atomic E-state index is 0.153. The summed E-state index contributed by atoms with van der Waals surface area (Å²) in [5.41, 5.74) is 4.43. The quantitative estimate of drug-likeness (QED) is 0.310. The van der Waals surface area contributed by atoms with Crippen LogP contribution in [0.1, 0.15) is 26.3 Å². The SMILES string of the molecule is [C-]#[N+]c1c2c(cc3ccccc13)-c1ncnc3cc(CC(C)(C)C)cc(c13)O2. The van der Waals surface area contributed by atoms with E-state index in [1.165, 1.54) is 5.56 Å². The van der Waals surface area contributed by atoms with Gasteiger partial charge >= 0.3 is 0 Å². The van der Waals surface area contributed by atoms with Gasteiger partial charge < -0.3 is 4.74 Å². The molecular formula is C24H19N3O. The molecule has 4 heteroatoms. The zero-order valence-corrected chi connectivity index (χ0v) is 16.1. The molecule has 2 heterocycles. The molecule has 0 unspecified atom stereocenters. The zero-order valence-electron chi connectivity index (χ0n) is 16.1. The Hall–Kier alpha value is -3.45. The van der Waals surface area contributed by atoms with Crippen molar-refractivity contribution in [2.24, 2.45) is 5.41 Å². The van der Waals surface area contributed by atoms with Crippen molar-refractivity contribution < 1.29 is 4.74 Å². The molecule has 0 saturated heterocycles. The first-order chi connectivity index (χ1) is 13.4. The molecular weight excluding hydrogens is 346 g/mol. The lowest BCUT2D eigenvalue weighted by atomic mass is 9.87. The molecule has 5 rings (SSSR count). The molecule has 4 aromatic rings. The molecule has 1 aliphatic heterocycles. The van der Waals surface area contributed by atoms with E-state index in [4.69, 9.17) is 11.3 Å². The second-order valence-electron chi connectivity index (χ2n) is 8.48. The summed E-state index contributed by atoms with van der Waals surface area (Å²) in [5, 5.41) is 2.82. The number of hydrogen-bond donors (Lipinski definition) is 0. The second kappa shape index (κ2) is 5.77. The van der Waals surface area contributed by atoms with Crippen molar-refractivity contribution in [1.29, 1.82) is 0 Å². The summed E-state index contributed by atoms with van der Waals surface area (Å²) in [6.45, 7) is 14.4. The van der Waals surface area contributed by atoms with Gasteiger partial charge in [-0.25, -0.2) is 14.8 Å². The van der Waals surface area contributed by atoms with Crippen LogP contribution in [0.5, 0.6) is 11.5 Å². The molecule has 0 aliphatic carbocycles. The predicted octanol–water partition coefficient (Wildman–Crippen LogP) is 6.70. The predicted molar refractivity (Wildman–Crippen MR) is 112 cm³/mol. The van der Waals surface area contributed by atoms with E-state index in [1.807, 2.05) is 24.3 Å². The maximum absolute atomic E-state index is 7.77. The molecule has 0 spiro atoms. The van der Waals surface area contributed by atoms with Crippen molar-refractivity contribution in [2.45, 2.75) is 27.2 Å². The fourth-order valence-electron chi connectivity index (χ4n) is 4.02. The van der Waals surface area contributed by atoms with Gasteiger partial charge in [0.2, 0.25) is 5.69 Å². The van der Waals surface area contributed by atoms with Crippen LogP contribution < -0.4 is 4.74 Å². The van der Waals surface area contributed by atoms with Crippen LogP contribution in [0.25, 0.3) is 37.8 Å². The van der Waals surface area contributed by atoms with E-state index >= 15 is 0 Å². The van der Waals surface area contributed by atoms with Gasteiger partial charge in [-0.3, -0.25) is 0 Å². The highest BCUT2D eigenvalue weighted by molar-refractivity contribution is 6.08. The Balaban J connectivity index is 1.83. The molecule has 0 saturated carbocycles. The zero-order chi connectivity index (χ0) is 19.5. The van der Waals surface area contributed by atoms with Crippen molar-refractivity contribution in [3.63, 3.8) is 0 Å². The Kier molecular flexibility index (Phi) is 3.44. The minimum Gasteiger partial charge on any atom is -0.467 e. The molecule has 3 aromatic carbocycles. The average molecular weight is 365 g/mol. The smallest absolute Gasteiger partial charge is 0.237 e. The molecule has 1 aliphatic rings. The normalized spacial score (nSPS) is 12.5. The molecule has 4 nitrogen and oxygen atoms in total. The summed E-state index contributed by atoms with van der Waals surface area (Å²) >= 11 is 0. The van der Waals surface area contributed by atoms with Crippen LogP contribution in [0, 0.1) is 12.0 Å². The molecule has 1 aromatic heterocycles. The number of hydrogen-bond acceptors (Lipinski definition) is 3. The lowest BCUT2D eigenvalue weighted by Crippen LogP contribution is -2.10. The van der Waals surface area contributed by atoms with Gasteiger partial charge in [-0.1, -0.05) is 45.0 Å². The van der Waals surface area contributed by atoms with Crippen molar-refractivity contribution in [3.8, 4) is 22.8 Å². The molecule has 0 atom stereocenters. The summed E-state index contributed by atoms with van der Waals surface area (Å²) in [5.74, 6) is 1.33. The fourth-order valence-corrected chi connectivity index (χ4v) is 4.02. The van der Waals surface area contributed by atoms with E-state index in [0.717, 1.165) is 45.1 Å². The minimum atomic E-state index is 0.153. The van der Waals surface area contributed by atoms with Gasteiger partial charge in [0, 0.05) is 5.56 Å². The van der Waals surface area contributed by atoms with Gasteiger partial charge in [-0.2, -0.15) is 0 Å². The van der Waals surface area contributed by atoms with E-state index in [0.29, 0.717) is 11.4 Å². The van der Waals surface area contributed by atoms with Gasteiger partial charge in [0.15, 0.2) is 0 Å². The fraction of sp³-hybridized carbons (Fsp3) is 0.208. The summed E-state index contributed by atoms with van der Waals surface area (Å²) in [4.78, 5) is 12.9. The van der Waals surface area contributed by atoms with Crippen LogP contribution >= 0.6 is 0 Å². The lowest BCUT2D eigenvalue weighted by Gasteiger charge is -2.24. The Bertz CT molecular complexity index is 1310. The third kappa shape index (κ3) is 2.51. The maximum atomic E-state index is 7.77. The van der Waals surface area contributed by atoms with Crippen molar-refractivity contribution in [2.75, 3.05) is 0 Å². The first kappa shape index (κ1) is 16.7. The second-order valence-corrected chi connectivity index (χ2v) is 8.48. The van der Waals surface area contributed by atoms with Gasteiger partial charge in [0.1, 0.15) is 17.8 Å². The first-order valence-electron chi connectivity index (χ1n) is 9.34. The number of rotatable bonds is 1. The van der Waals surface area contributed by atoms with Crippen LogP contribution in [0.2, 0.25) is 0 Å². The molecule has 0 fully saturated rings. The number of fused-ring (bicyclic) bond motifs is 3. The van der Waals surface area contributed by atoms with Gasteiger partial charge in [0.25, 0.3) is 0 Å². The Labute approximate surface area is 163 Å². The summed E-state index contributed by atoms with van der Waals surface area (Å²) in [7, 11) is 0. The van der Waals surface area contributed by atoms with Gasteiger partial charge in [0.05, 0.1) is 23.2 Å². The van der Waals surface area contributed by atoms with E-state index in [1.54, 1.807) is 6.33 Å². The number of ether oxygens (including phenoxy) is 1. The van der Waals surface area contributed by atoms with Gasteiger partial charge in [-0.15, -0.1) is 0 Å². The number of aromatic nitrogens is 2. The largest absolute Gasteiger partial charge is 0.467 e.